The van der Waals surface area contributed by atoms with Crippen LogP contribution in [0.5, 0.6) is 5.88 Å². The summed E-state index contributed by atoms with van der Waals surface area (Å²) in [5, 5.41) is 12.9. The van der Waals surface area contributed by atoms with Gasteiger partial charge in [0.2, 0.25) is 5.88 Å². The fraction of sp³-hybridized carbons (Fsp3) is 0.450. The molecular formula is C20H23N5O4S. The lowest BCUT2D eigenvalue weighted by atomic mass is 9.98. The third kappa shape index (κ3) is 3.10. The summed E-state index contributed by atoms with van der Waals surface area (Å²) < 4.78 is 24.1. The third-order valence-corrected chi connectivity index (χ3v) is 7.27. The molecule has 0 saturated carbocycles. The Kier molecular flexibility index (Phi) is 4.44. The topological polar surface area (TPSA) is 129 Å². The molecule has 0 fully saturated rings. The molecule has 2 aromatic rings. The van der Waals surface area contributed by atoms with Crippen LogP contribution in [0.2, 0.25) is 0 Å². The van der Waals surface area contributed by atoms with Crippen molar-refractivity contribution in [3.05, 3.63) is 34.5 Å². The van der Waals surface area contributed by atoms with Crippen LogP contribution >= 0.6 is 0 Å². The van der Waals surface area contributed by atoms with Gasteiger partial charge in [-0.3, -0.25) is 4.79 Å². The third-order valence-electron chi connectivity index (χ3n) is 5.92. The quantitative estimate of drug-likeness (QED) is 0.758. The summed E-state index contributed by atoms with van der Waals surface area (Å²) in [6.45, 7) is 3.09. The first-order valence-corrected chi connectivity index (χ1v) is 11.7. The van der Waals surface area contributed by atoms with Crippen molar-refractivity contribution in [3.8, 4) is 5.88 Å². The number of carbonyl (C=O) groups excluding carboxylic acids is 2. The van der Waals surface area contributed by atoms with Gasteiger partial charge in [-0.15, -0.1) is 4.36 Å². The number of amides is 2. The van der Waals surface area contributed by atoms with Gasteiger partial charge < -0.3 is 10.1 Å². The van der Waals surface area contributed by atoms with E-state index >= 15 is 0 Å². The van der Waals surface area contributed by atoms with Gasteiger partial charge in [0.15, 0.2) is 15.7 Å². The van der Waals surface area contributed by atoms with E-state index in [0.717, 1.165) is 36.0 Å². The minimum atomic E-state index is -3.55. The van der Waals surface area contributed by atoms with Crippen LogP contribution in [0.3, 0.4) is 0 Å². The highest BCUT2D eigenvalue weighted by Gasteiger charge is 2.30. The monoisotopic (exact) mass is 429 g/mol. The van der Waals surface area contributed by atoms with Crippen LogP contribution in [-0.4, -0.2) is 32.4 Å². The van der Waals surface area contributed by atoms with E-state index in [0.29, 0.717) is 43.1 Å². The zero-order valence-corrected chi connectivity index (χ0v) is 17.5. The molecule has 0 saturated heterocycles. The lowest BCUT2D eigenvalue weighted by molar-refractivity contribution is 0.0994. The first-order chi connectivity index (χ1) is 14.3. The molecule has 0 radical (unpaired) electrons. The van der Waals surface area contributed by atoms with Crippen molar-refractivity contribution in [1.29, 1.82) is 0 Å². The van der Waals surface area contributed by atoms with E-state index in [1.807, 2.05) is 13.0 Å². The van der Waals surface area contributed by atoms with Gasteiger partial charge in [-0.05, 0) is 48.4 Å². The predicted molar refractivity (Wildman–Crippen MR) is 110 cm³/mol. The molecule has 0 spiro atoms. The number of ketones is 1. The molecule has 3 aliphatic rings. The fourth-order valence-electron chi connectivity index (χ4n) is 4.53. The van der Waals surface area contributed by atoms with Gasteiger partial charge in [0.25, 0.3) is 0 Å². The predicted octanol–water partition coefficient (Wildman–Crippen LogP) is 2.46. The number of hydrogen-bond donors (Lipinski definition) is 2. The lowest BCUT2D eigenvalue weighted by Gasteiger charge is -2.21. The molecule has 5 rings (SSSR count). The van der Waals surface area contributed by atoms with E-state index in [4.69, 9.17) is 9.88 Å². The highest BCUT2D eigenvalue weighted by molar-refractivity contribution is 7.91. The van der Waals surface area contributed by atoms with Crippen LogP contribution in [0.4, 0.5) is 10.5 Å². The molecule has 1 aromatic heterocycles. The second-order valence-corrected chi connectivity index (χ2v) is 9.95. The summed E-state index contributed by atoms with van der Waals surface area (Å²) in [5.74, 6) is 0.654. The van der Waals surface area contributed by atoms with Crippen molar-refractivity contribution >= 4 is 27.4 Å². The molecule has 2 unspecified atom stereocenters. The Balaban J connectivity index is 1.49. The summed E-state index contributed by atoms with van der Waals surface area (Å²) in [6.07, 6.45) is 5.04. The van der Waals surface area contributed by atoms with Crippen molar-refractivity contribution in [1.82, 2.24) is 9.78 Å². The molecule has 2 aliphatic carbocycles. The van der Waals surface area contributed by atoms with Crippen molar-refractivity contribution < 1.29 is 18.5 Å². The Hall–Kier alpha value is -2.72. The normalized spacial score (nSPS) is 21.3. The van der Waals surface area contributed by atoms with E-state index in [2.05, 4.69) is 14.8 Å². The maximum absolute atomic E-state index is 13.1. The number of nitrogens with one attached hydrogen (secondary N) is 1. The van der Waals surface area contributed by atoms with Crippen LogP contribution in [0.25, 0.3) is 0 Å². The maximum atomic E-state index is 13.1. The molecule has 1 aliphatic heterocycles. The summed E-state index contributed by atoms with van der Waals surface area (Å²) in [6, 6.07) is 1.16. The number of nitrogens with zero attached hydrogens (tertiary/aromatic N) is 3. The van der Waals surface area contributed by atoms with E-state index in [1.54, 1.807) is 4.68 Å². The van der Waals surface area contributed by atoms with Gasteiger partial charge in [0.1, 0.15) is 4.90 Å². The van der Waals surface area contributed by atoms with Gasteiger partial charge in [-0.1, -0.05) is 6.92 Å². The molecule has 2 amide bonds. The number of anilines is 1. The second kappa shape index (κ2) is 6.92. The molecule has 30 heavy (non-hydrogen) atoms. The first-order valence-electron chi connectivity index (χ1n) is 10.1. The number of fused-ring (bicyclic) bond motifs is 3. The Morgan fingerprint density at radius 2 is 2.17 bits per heavy atom. The number of benzene rings is 1. The number of aromatic nitrogens is 2. The highest BCUT2D eigenvalue weighted by atomic mass is 32.2. The summed E-state index contributed by atoms with van der Waals surface area (Å²) in [4.78, 5) is 25.1. The molecule has 158 valence electrons. The van der Waals surface area contributed by atoms with Gasteiger partial charge in [-0.25, -0.2) is 18.8 Å². The first kappa shape index (κ1) is 19.3. The van der Waals surface area contributed by atoms with Gasteiger partial charge in [0.05, 0.1) is 19.3 Å². The van der Waals surface area contributed by atoms with Crippen LogP contribution in [-0.2, 0) is 35.7 Å². The van der Waals surface area contributed by atoms with Crippen LogP contribution in [0, 0.1) is 5.92 Å². The number of hydrogen-bond acceptors (Lipinski definition) is 5. The van der Waals surface area contributed by atoms with Gasteiger partial charge in [0, 0.05) is 23.6 Å². The van der Waals surface area contributed by atoms with Crippen molar-refractivity contribution in [2.24, 2.45) is 15.4 Å². The number of aryl methyl sites for hydroxylation is 1. The molecule has 2 heterocycles. The number of ether oxygens (including phenoxy) is 1. The largest absolute Gasteiger partial charge is 0.477 e. The number of carbonyl (C=O) groups is 2. The minimum Gasteiger partial charge on any atom is -0.477 e. The number of urea groups is 1. The molecule has 0 bridgehead atoms. The van der Waals surface area contributed by atoms with Crippen LogP contribution in [0.15, 0.2) is 21.5 Å². The Bertz CT molecular complexity index is 1210. The lowest BCUT2D eigenvalue weighted by Crippen LogP contribution is -2.25. The van der Waals surface area contributed by atoms with E-state index in [9.17, 15) is 13.8 Å². The average molecular weight is 430 g/mol. The van der Waals surface area contributed by atoms with Crippen molar-refractivity contribution in [2.75, 3.05) is 11.9 Å². The number of rotatable bonds is 2. The average Bonchev–Trinajstić information content (AvgIpc) is 3.40. The van der Waals surface area contributed by atoms with Crippen LogP contribution < -0.4 is 15.2 Å². The summed E-state index contributed by atoms with van der Waals surface area (Å²) in [7, 11) is -3.55. The summed E-state index contributed by atoms with van der Waals surface area (Å²) >= 11 is 0. The van der Waals surface area contributed by atoms with Crippen molar-refractivity contribution in [2.45, 2.75) is 50.5 Å². The number of Topliss-reactive ketones (excluding diaryl/α,β-unsaturated/α-hetero) is 1. The summed E-state index contributed by atoms with van der Waals surface area (Å²) in [5.41, 5.74) is 4.27. The smallest absolute Gasteiger partial charge is 0.354 e. The zero-order valence-electron chi connectivity index (χ0n) is 16.6. The fourth-order valence-corrected chi connectivity index (χ4v) is 5.53. The minimum absolute atomic E-state index is 0.0904. The molecule has 2 atom stereocenters. The Morgan fingerprint density at radius 3 is 3.00 bits per heavy atom. The van der Waals surface area contributed by atoms with Gasteiger partial charge in [-0.2, -0.15) is 5.10 Å². The molecule has 1 aromatic carbocycles. The standard InChI is InChI=1S/C20H23N5O4S/c1-11-9-25-19(29-10-11)17(8-22-25)30(21,28)24-20(27)23-18-13-4-2-3-12(13)7-15-14(18)5-6-16(15)26/h7-8,11H,2-6,9-10H2,1H3,(H3,21,23,24,27,28). The Morgan fingerprint density at radius 1 is 1.33 bits per heavy atom. The second-order valence-electron chi connectivity index (χ2n) is 8.19. The highest BCUT2D eigenvalue weighted by Crippen LogP contribution is 2.38. The molecule has 3 N–H and O–H groups in total. The zero-order chi connectivity index (χ0) is 21.0. The van der Waals surface area contributed by atoms with E-state index < -0.39 is 15.9 Å². The van der Waals surface area contributed by atoms with E-state index in [-0.39, 0.29) is 16.6 Å². The SMILES string of the molecule is CC1COc2c(S(N)(=O)=NC(=O)Nc3c4c(cc5c3CCC5=O)CCC4)cnn2C1. The van der Waals surface area contributed by atoms with E-state index in [1.165, 1.54) is 6.20 Å². The molecule has 10 heteroatoms. The Labute approximate surface area is 174 Å². The number of nitrogens with two attached hydrogens (primary N) is 1. The maximum Gasteiger partial charge on any atom is 0.354 e. The van der Waals surface area contributed by atoms with Crippen molar-refractivity contribution in [3.63, 3.8) is 0 Å². The molecule has 9 nitrogen and oxygen atoms in total. The van der Waals surface area contributed by atoms with Crippen LogP contribution in [0.1, 0.15) is 46.8 Å². The molecular weight excluding hydrogens is 406 g/mol. The van der Waals surface area contributed by atoms with Gasteiger partial charge >= 0.3 is 6.03 Å².